The Labute approximate surface area is 161 Å². The van der Waals surface area contributed by atoms with Gasteiger partial charge in [-0.25, -0.2) is 0 Å². The Kier molecular flexibility index (Phi) is 5.13. The molecule has 2 aliphatic heterocycles. The molecule has 2 aliphatic rings. The second-order valence-corrected chi connectivity index (χ2v) is 7.51. The van der Waals surface area contributed by atoms with Crippen molar-refractivity contribution in [1.29, 1.82) is 0 Å². The third-order valence-electron chi connectivity index (χ3n) is 4.79. The maximum atomic E-state index is 12.8. The molecule has 0 unspecified atom stereocenters. The van der Waals surface area contributed by atoms with E-state index in [1.54, 1.807) is 0 Å². The standard InChI is InChI=1S/C20H21BrN2O3/c21-16-7-5-15(6-8-16)13-22-9-11-23(12-10-22)20(24)19-14-25-17-3-1-2-4-18(17)26-19/h1-8,19H,9-14H2/t19-/m1/s1. The van der Waals surface area contributed by atoms with Gasteiger partial charge in [-0.1, -0.05) is 40.2 Å². The summed E-state index contributed by atoms with van der Waals surface area (Å²) in [5, 5.41) is 0. The lowest BCUT2D eigenvalue weighted by Crippen LogP contribution is -2.53. The predicted octanol–water partition coefficient (Wildman–Crippen LogP) is 2.93. The first-order valence-corrected chi connectivity index (χ1v) is 9.62. The zero-order valence-electron chi connectivity index (χ0n) is 14.4. The average molecular weight is 417 g/mol. The van der Waals surface area contributed by atoms with Gasteiger partial charge in [0.25, 0.3) is 5.91 Å². The summed E-state index contributed by atoms with van der Waals surface area (Å²) in [6.45, 7) is 4.35. The van der Waals surface area contributed by atoms with Gasteiger partial charge in [-0.2, -0.15) is 0 Å². The summed E-state index contributed by atoms with van der Waals surface area (Å²) < 4.78 is 12.6. The van der Waals surface area contributed by atoms with E-state index in [1.807, 2.05) is 29.2 Å². The second kappa shape index (κ2) is 7.68. The number of piperazine rings is 1. The van der Waals surface area contributed by atoms with Crippen LogP contribution in [0.5, 0.6) is 11.5 Å². The normalized spacial score (nSPS) is 20.0. The van der Waals surface area contributed by atoms with E-state index < -0.39 is 6.10 Å². The molecule has 2 aromatic carbocycles. The van der Waals surface area contributed by atoms with Gasteiger partial charge in [0.1, 0.15) is 6.61 Å². The molecule has 0 aromatic heterocycles. The van der Waals surface area contributed by atoms with Gasteiger partial charge in [0.05, 0.1) is 0 Å². The van der Waals surface area contributed by atoms with Crippen LogP contribution in [0.25, 0.3) is 0 Å². The predicted molar refractivity (Wildman–Crippen MR) is 102 cm³/mol. The molecule has 0 spiro atoms. The lowest BCUT2D eigenvalue weighted by molar-refractivity contribution is -0.143. The zero-order valence-corrected chi connectivity index (χ0v) is 16.0. The largest absolute Gasteiger partial charge is 0.485 e. The third kappa shape index (κ3) is 3.86. The van der Waals surface area contributed by atoms with Crippen LogP contribution in [-0.2, 0) is 11.3 Å². The van der Waals surface area contributed by atoms with Crippen LogP contribution in [0.2, 0.25) is 0 Å². The summed E-state index contributed by atoms with van der Waals surface area (Å²) in [5.74, 6) is 1.37. The number of hydrogen-bond acceptors (Lipinski definition) is 4. The summed E-state index contributed by atoms with van der Waals surface area (Å²) in [5.41, 5.74) is 1.29. The minimum Gasteiger partial charge on any atom is -0.485 e. The van der Waals surface area contributed by atoms with Gasteiger partial charge in [0, 0.05) is 37.2 Å². The molecule has 0 N–H and O–H groups in total. The molecule has 2 heterocycles. The van der Waals surface area contributed by atoms with E-state index in [4.69, 9.17) is 9.47 Å². The van der Waals surface area contributed by atoms with Gasteiger partial charge in [-0.15, -0.1) is 0 Å². The zero-order chi connectivity index (χ0) is 17.9. The Morgan fingerprint density at radius 2 is 1.69 bits per heavy atom. The monoisotopic (exact) mass is 416 g/mol. The molecular weight excluding hydrogens is 396 g/mol. The summed E-state index contributed by atoms with van der Waals surface area (Å²) in [6, 6.07) is 15.9. The molecule has 5 nitrogen and oxygen atoms in total. The number of carbonyl (C=O) groups excluding carboxylic acids is 1. The molecule has 4 rings (SSSR count). The first kappa shape index (κ1) is 17.4. The number of para-hydroxylation sites is 2. The molecule has 1 saturated heterocycles. The quantitative estimate of drug-likeness (QED) is 0.771. The van der Waals surface area contributed by atoms with Crippen LogP contribution in [0.1, 0.15) is 5.56 Å². The van der Waals surface area contributed by atoms with Crippen molar-refractivity contribution in [3.8, 4) is 11.5 Å². The van der Waals surface area contributed by atoms with Crippen LogP contribution in [0.15, 0.2) is 53.0 Å². The van der Waals surface area contributed by atoms with E-state index in [0.717, 1.165) is 37.2 Å². The summed E-state index contributed by atoms with van der Waals surface area (Å²) in [6.07, 6.45) is -0.553. The molecular formula is C20H21BrN2O3. The van der Waals surface area contributed by atoms with E-state index in [0.29, 0.717) is 11.5 Å². The van der Waals surface area contributed by atoms with Crippen LogP contribution in [0.4, 0.5) is 0 Å². The van der Waals surface area contributed by atoms with Gasteiger partial charge in [-0.05, 0) is 29.8 Å². The van der Waals surface area contributed by atoms with E-state index in [1.165, 1.54) is 5.56 Å². The van der Waals surface area contributed by atoms with Crippen molar-refractivity contribution < 1.29 is 14.3 Å². The van der Waals surface area contributed by atoms with Gasteiger partial charge in [0.15, 0.2) is 11.5 Å². The van der Waals surface area contributed by atoms with Gasteiger partial charge >= 0.3 is 0 Å². The molecule has 0 aliphatic carbocycles. The first-order chi connectivity index (χ1) is 12.7. The fraction of sp³-hybridized carbons (Fsp3) is 0.350. The molecule has 0 saturated carbocycles. The summed E-state index contributed by atoms with van der Waals surface area (Å²) in [4.78, 5) is 17.0. The Hall–Kier alpha value is -2.05. The number of benzene rings is 2. The van der Waals surface area contributed by atoms with Crippen LogP contribution in [0.3, 0.4) is 0 Å². The average Bonchev–Trinajstić information content (AvgIpc) is 2.69. The van der Waals surface area contributed by atoms with Crippen molar-refractivity contribution in [3.63, 3.8) is 0 Å². The molecule has 2 aromatic rings. The topological polar surface area (TPSA) is 42.0 Å². The Balaban J connectivity index is 1.30. The highest BCUT2D eigenvalue weighted by Crippen LogP contribution is 2.31. The lowest BCUT2D eigenvalue weighted by Gasteiger charge is -2.37. The molecule has 136 valence electrons. The number of nitrogens with zero attached hydrogens (tertiary/aromatic N) is 2. The molecule has 1 atom stereocenters. The molecule has 0 radical (unpaired) electrons. The number of ether oxygens (including phenoxy) is 2. The Bertz CT molecular complexity index is 773. The summed E-state index contributed by atoms with van der Waals surface area (Å²) >= 11 is 3.46. The number of rotatable bonds is 3. The Morgan fingerprint density at radius 1 is 1.00 bits per heavy atom. The highest BCUT2D eigenvalue weighted by atomic mass is 79.9. The first-order valence-electron chi connectivity index (χ1n) is 8.83. The molecule has 1 fully saturated rings. The Morgan fingerprint density at radius 3 is 2.42 bits per heavy atom. The van der Waals surface area contributed by atoms with Crippen molar-refractivity contribution in [2.45, 2.75) is 12.6 Å². The molecule has 26 heavy (non-hydrogen) atoms. The van der Waals surface area contributed by atoms with Crippen molar-refractivity contribution in [3.05, 3.63) is 58.6 Å². The smallest absolute Gasteiger partial charge is 0.267 e. The van der Waals surface area contributed by atoms with E-state index >= 15 is 0 Å². The maximum absolute atomic E-state index is 12.8. The third-order valence-corrected chi connectivity index (χ3v) is 5.32. The molecule has 6 heteroatoms. The van der Waals surface area contributed by atoms with E-state index in [2.05, 4.69) is 45.1 Å². The fourth-order valence-electron chi connectivity index (χ4n) is 3.32. The molecule has 1 amide bonds. The van der Waals surface area contributed by atoms with Crippen molar-refractivity contribution in [2.24, 2.45) is 0 Å². The maximum Gasteiger partial charge on any atom is 0.267 e. The van der Waals surface area contributed by atoms with Crippen LogP contribution >= 0.6 is 15.9 Å². The minimum atomic E-state index is -0.553. The summed E-state index contributed by atoms with van der Waals surface area (Å²) in [7, 11) is 0. The number of fused-ring (bicyclic) bond motifs is 1. The van der Waals surface area contributed by atoms with Crippen molar-refractivity contribution in [1.82, 2.24) is 9.80 Å². The van der Waals surface area contributed by atoms with E-state index in [9.17, 15) is 4.79 Å². The van der Waals surface area contributed by atoms with Gasteiger partial charge < -0.3 is 14.4 Å². The van der Waals surface area contributed by atoms with Crippen molar-refractivity contribution >= 4 is 21.8 Å². The highest BCUT2D eigenvalue weighted by Gasteiger charge is 2.32. The van der Waals surface area contributed by atoms with Crippen LogP contribution in [-0.4, -0.2) is 54.6 Å². The number of carbonyl (C=O) groups is 1. The number of amides is 1. The lowest BCUT2D eigenvalue weighted by atomic mass is 10.2. The fourth-order valence-corrected chi connectivity index (χ4v) is 3.58. The highest BCUT2D eigenvalue weighted by molar-refractivity contribution is 9.10. The van der Waals surface area contributed by atoms with Crippen LogP contribution < -0.4 is 9.47 Å². The number of halogens is 1. The van der Waals surface area contributed by atoms with Crippen molar-refractivity contribution in [2.75, 3.05) is 32.8 Å². The van der Waals surface area contributed by atoms with Crippen LogP contribution in [0, 0.1) is 0 Å². The van der Waals surface area contributed by atoms with E-state index in [-0.39, 0.29) is 12.5 Å². The number of hydrogen-bond donors (Lipinski definition) is 0. The van der Waals surface area contributed by atoms with Gasteiger partial charge in [0.2, 0.25) is 6.10 Å². The second-order valence-electron chi connectivity index (χ2n) is 6.59. The SMILES string of the molecule is O=C([C@H]1COc2ccccc2O1)N1CCN(Cc2ccc(Br)cc2)CC1. The van der Waals surface area contributed by atoms with Gasteiger partial charge in [-0.3, -0.25) is 9.69 Å². The minimum absolute atomic E-state index is 0.0165. The molecule has 0 bridgehead atoms.